The van der Waals surface area contributed by atoms with Gasteiger partial charge in [0.2, 0.25) is 0 Å². The number of aromatic carboxylic acids is 1. The number of hydrogen-bond donors (Lipinski definition) is 2. The molecule has 0 aliphatic heterocycles. The van der Waals surface area contributed by atoms with Crippen molar-refractivity contribution in [3.05, 3.63) is 59.5 Å². The molecule has 1 atom stereocenters. The Bertz CT molecular complexity index is 673. The van der Waals surface area contributed by atoms with Crippen molar-refractivity contribution in [1.29, 1.82) is 0 Å². The number of carbonyl (C=O) groups is 2. The molecule has 0 bridgehead atoms. The number of hydrogen-bond acceptors (Lipinski definition) is 3. The van der Waals surface area contributed by atoms with E-state index in [2.05, 4.69) is 5.32 Å². The second-order valence-corrected chi connectivity index (χ2v) is 5.56. The summed E-state index contributed by atoms with van der Waals surface area (Å²) in [6, 6.07) is 11.0. The molecule has 1 aliphatic carbocycles. The van der Waals surface area contributed by atoms with E-state index in [0.29, 0.717) is 5.92 Å². The number of carboxylic acids is 1. The first-order valence-electron chi connectivity index (χ1n) is 7.33. The standard InChI is InChI=1S/C17H17NO4/c19-16(14-9-13(10-22-14)17(20)21)18-15(12-7-4-8-12)11-5-2-1-3-6-11/h1-3,5-6,9-10,12,15H,4,7-8H2,(H,18,19)(H,20,21). The van der Waals surface area contributed by atoms with Gasteiger partial charge in [0, 0.05) is 6.07 Å². The van der Waals surface area contributed by atoms with Crippen molar-refractivity contribution in [1.82, 2.24) is 5.32 Å². The van der Waals surface area contributed by atoms with Crippen molar-refractivity contribution >= 4 is 11.9 Å². The van der Waals surface area contributed by atoms with Crippen LogP contribution in [0.15, 0.2) is 47.1 Å². The zero-order valence-corrected chi connectivity index (χ0v) is 12.0. The molecule has 1 fully saturated rings. The number of benzene rings is 1. The Balaban J connectivity index is 1.77. The Kier molecular flexibility index (Phi) is 3.96. The smallest absolute Gasteiger partial charge is 0.338 e. The van der Waals surface area contributed by atoms with Gasteiger partial charge in [-0.15, -0.1) is 0 Å². The van der Waals surface area contributed by atoms with Gasteiger partial charge in [0.25, 0.3) is 5.91 Å². The maximum Gasteiger partial charge on any atom is 0.338 e. The van der Waals surface area contributed by atoms with Crippen LogP contribution in [0.2, 0.25) is 0 Å². The second-order valence-electron chi connectivity index (χ2n) is 5.56. The molecule has 1 saturated carbocycles. The molecule has 22 heavy (non-hydrogen) atoms. The van der Waals surface area contributed by atoms with Crippen molar-refractivity contribution < 1.29 is 19.1 Å². The van der Waals surface area contributed by atoms with Gasteiger partial charge >= 0.3 is 5.97 Å². The third-order valence-corrected chi connectivity index (χ3v) is 4.14. The van der Waals surface area contributed by atoms with E-state index in [1.807, 2.05) is 30.3 Å². The van der Waals surface area contributed by atoms with Gasteiger partial charge in [0.05, 0.1) is 11.6 Å². The van der Waals surface area contributed by atoms with Crippen LogP contribution in [0.5, 0.6) is 0 Å². The summed E-state index contributed by atoms with van der Waals surface area (Å²) < 4.78 is 5.06. The van der Waals surface area contributed by atoms with E-state index >= 15 is 0 Å². The van der Waals surface area contributed by atoms with Crippen LogP contribution in [-0.4, -0.2) is 17.0 Å². The minimum absolute atomic E-state index is 0.0231. The molecule has 3 rings (SSSR count). The Labute approximate surface area is 127 Å². The van der Waals surface area contributed by atoms with Crippen LogP contribution in [0.1, 0.15) is 51.8 Å². The van der Waals surface area contributed by atoms with Crippen LogP contribution in [0.3, 0.4) is 0 Å². The monoisotopic (exact) mass is 299 g/mol. The summed E-state index contributed by atoms with van der Waals surface area (Å²) in [5, 5.41) is 11.9. The van der Waals surface area contributed by atoms with Crippen LogP contribution in [-0.2, 0) is 0 Å². The fourth-order valence-corrected chi connectivity index (χ4v) is 2.69. The van der Waals surface area contributed by atoms with Gasteiger partial charge in [0.1, 0.15) is 6.26 Å². The molecule has 114 valence electrons. The lowest BCUT2D eigenvalue weighted by Crippen LogP contribution is -2.36. The second kappa shape index (κ2) is 6.05. The molecule has 0 radical (unpaired) electrons. The van der Waals surface area contributed by atoms with Crippen LogP contribution in [0.4, 0.5) is 0 Å². The average molecular weight is 299 g/mol. The fraction of sp³-hybridized carbons (Fsp3) is 0.294. The Hall–Kier alpha value is -2.56. The molecule has 1 aromatic carbocycles. The first kappa shape index (κ1) is 14.4. The molecule has 5 nitrogen and oxygen atoms in total. The lowest BCUT2D eigenvalue weighted by atomic mass is 9.77. The number of carbonyl (C=O) groups excluding carboxylic acids is 1. The summed E-state index contributed by atoms with van der Waals surface area (Å²) >= 11 is 0. The maximum atomic E-state index is 12.3. The van der Waals surface area contributed by atoms with E-state index in [4.69, 9.17) is 9.52 Å². The number of furan rings is 1. The van der Waals surface area contributed by atoms with Gasteiger partial charge in [0.15, 0.2) is 5.76 Å². The van der Waals surface area contributed by atoms with Crippen molar-refractivity contribution in [2.45, 2.75) is 25.3 Å². The van der Waals surface area contributed by atoms with E-state index < -0.39 is 5.97 Å². The van der Waals surface area contributed by atoms with Crippen molar-refractivity contribution in [2.24, 2.45) is 5.92 Å². The number of rotatable bonds is 5. The third-order valence-electron chi connectivity index (χ3n) is 4.14. The average Bonchev–Trinajstić information content (AvgIpc) is 2.95. The maximum absolute atomic E-state index is 12.3. The van der Waals surface area contributed by atoms with Gasteiger partial charge in [-0.2, -0.15) is 0 Å². The van der Waals surface area contributed by atoms with E-state index in [0.717, 1.165) is 24.7 Å². The number of carboxylic acid groups (broad SMARTS) is 1. The minimum atomic E-state index is -1.11. The minimum Gasteiger partial charge on any atom is -0.478 e. The first-order valence-corrected chi connectivity index (χ1v) is 7.33. The molecule has 5 heteroatoms. The largest absolute Gasteiger partial charge is 0.478 e. The molecule has 1 heterocycles. The highest BCUT2D eigenvalue weighted by molar-refractivity contribution is 5.95. The summed E-state index contributed by atoms with van der Waals surface area (Å²) in [5.74, 6) is -1.05. The lowest BCUT2D eigenvalue weighted by molar-refractivity contribution is 0.0695. The van der Waals surface area contributed by atoms with Gasteiger partial charge in [-0.3, -0.25) is 4.79 Å². The summed E-state index contributed by atoms with van der Waals surface area (Å²) in [6.45, 7) is 0. The highest BCUT2D eigenvalue weighted by atomic mass is 16.4. The van der Waals surface area contributed by atoms with E-state index in [9.17, 15) is 9.59 Å². The summed E-state index contributed by atoms with van der Waals surface area (Å²) in [7, 11) is 0. The Morgan fingerprint density at radius 1 is 1.23 bits per heavy atom. The molecule has 1 aromatic heterocycles. The molecule has 2 N–H and O–H groups in total. The van der Waals surface area contributed by atoms with Gasteiger partial charge in [-0.05, 0) is 24.3 Å². The van der Waals surface area contributed by atoms with Crippen LogP contribution in [0, 0.1) is 5.92 Å². The van der Waals surface area contributed by atoms with Crippen molar-refractivity contribution in [2.75, 3.05) is 0 Å². The predicted octanol–water partition coefficient (Wildman–Crippen LogP) is 3.25. The molecule has 1 unspecified atom stereocenters. The SMILES string of the molecule is O=C(O)c1coc(C(=O)NC(c2ccccc2)C2CCC2)c1. The topological polar surface area (TPSA) is 79.5 Å². The summed E-state index contributed by atoms with van der Waals surface area (Å²) in [6.07, 6.45) is 4.42. The van der Waals surface area contributed by atoms with E-state index in [1.165, 1.54) is 12.5 Å². The van der Waals surface area contributed by atoms with Crippen LogP contribution < -0.4 is 5.32 Å². The quantitative estimate of drug-likeness (QED) is 0.888. The molecular formula is C17H17NO4. The van der Waals surface area contributed by atoms with Crippen molar-refractivity contribution in [3.63, 3.8) is 0 Å². The van der Waals surface area contributed by atoms with E-state index in [-0.39, 0.29) is 23.3 Å². The summed E-state index contributed by atoms with van der Waals surface area (Å²) in [4.78, 5) is 23.2. The van der Waals surface area contributed by atoms with Gasteiger partial charge in [-0.1, -0.05) is 36.8 Å². The number of nitrogens with one attached hydrogen (secondary N) is 1. The van der Waals surface area contributed by atoms with Crippen molar-refractivity contribution in [3.8, 4) is 0 Å². The Morgan fingerprint density at radius 2 is 1.95 bits per heavy atom. The number of amides is 1. The zero-order chi connectivity index (χ0) is 15.5. The molecular weight excluding hydrogens is 282 g/mol. The lowest BCUT2D eigenvalue weighted by Gasteiger charge is -2.34. The molecule has 0 spiro atoms. The fourth-order valence-electron chi connectivity index (χ4n) is 2.69. The highest BCUT2D eigenvalue weighted by Gasteiger charge is 2.30. The first-order chi connectivity index (χ1) is 10.6. The van der Waals surface area contributed by atoms with E-state index in [1.54, 1.807) is 0 Å². The van der Waals surface area contributed by atoms with Gasteiger partial charge < -0.3 is 14.8 Å². The Morgan fingerprint density at radius 3 is 2.50 bits per heavy atom. The molecule has 1 amide bonds. The highest BCUT2D eigenvalue weighted by Crippen LogP contribution is 2.37. The molecule has 0 saturated heterocycles. The molecule has 1 aliphatic rings. The van der Waals surface area contributed by atoms with Crippen LogP contribution in [0.25, 0.3) is 0 Å². The zero-order valence-electron chi connectivity index (χ0n) is 12.0. The summed E-state index contributed by atoms with van der Waals surface area (Å²) in [5.41, 5.74) is 1.04. The normalized spacial score (nSPS) is 15.8. The van der Waals surface area contributed by atoms with Gasteiger partial charge in [-0.25, -0.2) is 4.79 Å². The predicted molar refractivity (Wildman–Crippen MR) is 79.7 cm³/mol. The molecule has 2 aromatic rings. The van der Waals surface area contributed by atoms with Crippen LogP contribution >= 0.6 is 0 Å². The third kappa shape index (κ3) is 2.88.